The van der Waals surface area contributed by atoms with Crippen molar-refractivity contribution in [3.63, 3.8) is 0 Å². The van der Waals surface area contributed by atoms with Crippen LogP contribution in [0.4, 0.5) is 23.0 Å². The van der Waals surface area contributed by atoms with E-state index in [0.717, 1.165) is 73.1 Å². The predicted molar refractivity (Wildman–Crippen MR) is 178 cm³/mol. The summed E-state index contributed by atoms with van der Waals surface area (Å²) in [6.07, 6.45) is 7.73. The van der Waals surface area contributed by atoms with E-state index in [1.807, 2.05) is 74.8 Å². The first kappa shape index (κ1) is 48.5. The van der Waals surface area contributed by atoms with E-state index in [1.165, 1.54) is 0 Å². The van der Waals surface area contributed by atoms with Crippen LogP contribution in [-0.2, 0) is 40.8 Å². The molecule has 0 spiro atoms. The van der Waals surface area contributed by atoms with Crippen molar-refractivity contribution < 1.29 is 114 Å². The smallest absolute Gasteiger partial charge is 0.327 e. The monoisotopic (exact) mass is 1080 g/mol. The standard InChI is InChI=1S/C37H37N4O.4BrH.2Pd/c1-8-40(34-14-10-12-16-38-34)36-24(3)18-29(19-25(36)4)32-22-31(42)23-33(28(32)7)30-20-26(5)37(27(6)21-30)41(9-2)35-15-11-13-17-39-35;;;;;;/h8-23H,1-7H3;4*1H;;/q+1;;;;;;/p-3. The summed E-state index contributed by atoms with van der Waals surface area (Å²) in [6, 6.07) is 24.5. The number of aryl methyl sites for hydroxylation is 4. The maximum absolute atomic E-state index is 10.9. The first-order valence-electron chi connectivity index (χ1n) is 14.3. The number of rotatable bonds is 6. The van der Waals surface area contributed by atoms with E-state index in [0.29, 0.717) is 0 Å². The van der Waals surface area contributed by atoms with Gasteiger partial charge in [-0.05, 0) is 157 Å². The molecular formula is C37H38Br4N4OPd2-2. The molecule has 5 rings (SSSR count). The number of nitrogens with zero attached hydrogens (tertiary/aromatic N) is 4. The second-order valence-corrected chi connectivity index (χ2v) is 10.7. The first-order chi connectivity index (χ1) is 20.2. The summed E-state index contributed by atoms with van der Waals surface area (Å²) in [5.74, 6) is 2.01. The Morgan fingerprint density at radius 1 is 0.542 bits per heavy atom. The zero-order chi connectivity index (χ0) is 30.0. The van der Waals surface area contributed by atoms with Crippen LogP contribution in [0.1, 0.15) is 41.7 Å². The summed E-state index contributed by atoms with van der Waals surface area (Å²) >= 11 is 0. The van der Waals surface area contributed by atoms with Crippen molar-refractivity contribution in [3.8, 4) is 28.0 Å². The molecule has 0 amide bonds. The molecule has 0 aliphatic rings. The third kappa shape index (κ3) is 10.2. The molecule has 5 nitrogen and oxygen atoms in total. The Hall–Kier alpha value is -1.66. The topological polar surface area (TPSA) is 52.0 Å². The third-order valence-corrected chi connectivity index (χ3v) is 7.79. The summed E-state index contributed by atoms with van der Waals surface area (Å²) < 4.78 is 4.26. The summed E-state index contributed by atoms with van der Waals surface area (Å²) in [7, 11) is 0. The average molecular weight is 1090 g/mol. The van der Waals surface area contributed by atoms with Gasteiger partial charge in [-0.2, -0.15) is 0 Å². The van der Waals surface area contributed by atoms with Gasteiger partial charge in [-0.15, -0.1) is 0 Å². The number of pyridine rings is 2. The van der Waals surface area contributed by atoms with Crippen LogP contribution in [0.2, 0.25) is 0 Å². The van der Waals surface area contributed by atoms with E-state index in [-0.39, 0.29) is 115 Å². The first-order valence-corrected chi connectivity index (χ1v) is 14.3. The number of aromatic hydroxyl groups is 1. The van der Waals surface area contributed by atoms with Crippen LogP contribution in [0.3, 0.4) is 0 Å². The van der Waals surface area contributed by atoms with Crippen LogP contribution in [0.5, 0.6) is 5.75 Å². The Balaban J connectivity index is 0. The van der Waals surface area contributed by atoms with Gasteiger partial charge in [-0.1, -0.05) is 12.1 Å². The van der Waals surface area contributed by atoms with Crippen molar-refractivity contribution in [1.82, 2.24) is 19.1 Å². The van der Waals surface area contributed by atoms with Gasteiger partial charge in [0.05, 0.1) is 12.4 Å². The zero-order valence-corrected chi connectivity index (χ0v) is 37.1. The van der Waals surface area contributed by atoms with E-state index in [9.17, 15) is 5.11 Å². The van der Waals surface area contributed by atoms with Gasteiger partial charge in [0.15, 0.2) is 0 Å². The fourth-order valence-electron chi connectivity index (χ4n) is 6.03. The molecule has 11 heteroatoms. The van der Waals surface area contributed by atoms with E-state index in [4.69, 9.17) is 0 Å². The largest absolute Gasteiger partial charge is 1.00 e. The van der Waals surface area contributed by atoms with Crippen LogP contribution in [-0.4, -0.2) is 27.5 Å². The fourth-order valence-corrected chi connectivity index (χ4v) is 6.03. The number of phenols is 1. The van der Waals surface area contributed by atoms with Gasteiger partial charge >= 0.3 is 11.6 Å². The molecule has 0 aliphatic heterocycles. The molecule has 0 unspecified atom stereocenters. The SMILES string of the molecule is CC=[N+](c1ccccn1)c1c(C)cc(-c2cc(O)cc(-c3cc(C)c([N+](=CC)c4ccccn4)c(C)c3)c2C)cc1C.[Br-].[Br-].[Br-].[Br-].[Pd].[Pd]. The normalized spacial score (nSPS) is 10.6. The van der Waals surface area contributed by atoms with Crippen molar-refractivity contribution in [2.24, 2.45) is 0 Å². The van der Waals surface area contributed by atoms with Crippen molar-refractivity contribution in [2.45, 2.75) is 48.5 Å². The fraction of sp³-hybridized carbons (Fsp3) is 0.189. The molecule has 2 aromatic heterocycles. The Bertz CT molecular complexity index is 1690. The van der Waals surface area contributed by atoms with Crippen LogP contribution >= 0.6 is 0 Å². The van der Waals surface area contributed by atoms with Gasteiger partial charge in [0, 0.05) is 53.0 Å². The van der Waals surface area contributed by atoms with Gasteiger partial charge < -0.3 is 73.0 Å². The summed E-state index contributed by atoms with van der Waals surface area (Å²) in [6.45, 7) is 14.7. The molecule has 1 N–H and O–H groups in total. The molecule has 0 bridgehead atoms. The zero-order valence-electron chi connectivity index (χ0n) is 27.6. The van der Waals surface area contributed by atoms with Crippen LogP contribution in [0, 0.1) is 34.6 Å². The number of benzene rings is 3. The second-order valence-electron chi connectivity index (χ2n) is 10.7. The molecule has 0 radical (unpaired) electrons. The van der Waals surface area contributed by atoms with Gasteiger partial charge in [0.1, 0.15) is 29.5 Å². The summed E-state index contributed by atoms with van der Waals surface area (Å²) in [5.41, 5.74) is 12.1. The van der Waals surface area contributed by atoms with Crippen molar-refractivity contribution in [1.29, 1.82) is 0 Å². The molecule has 0 aliphatic carbocycles. The predicted octanol–water partition coefficient (Wildman–Crippen LogP) is -3.08. The molecule has 3 aromatic carbocycles. The van der Waals surface area contributed by atoms with Gasteiger partial charge in [0.2, 0.25) is 0 Å². The number of aromatic nitrogens is 2. The molecule has 262 valence electrons. The molecular weight excluding hydrogens is 1050 g/mol. The maximum atomic E-state index is 10.9. The van der Waals surface area contributed by atoms with Gasteiger partial charge in [-0.25, -0.2) is 9.15 Å². The van der Waals surface area contributed by atoms with Gasteiger partial charge in [0.25, 0.3) is 0 Å². The van der Waals surface area contributed by atoms with E-state index >= 15 is 0 Å². The molecule has 0 saturated heterocycles. The Labute approximate surface area is 354 Å². The van der Waals surface area contributed by atoms with Crippen molar-refractivity contribution >= 4 is 35.4 Å². The minimum Gasteiger partial charge on any atom is -1.00 e. The number of phenolic OH excluding ortho intramolecular Hbond substituents is 1. The van der Waals surface area contributed by atoms with Crippen molar-refractivity contribution in [2.75, 3.05) is 0 Å². The Kier molecular flexibility index (Phi) is 21.7. The quantitative estimate of drug-likeness (QED) is 0.112. The average Bonchev–Trinajstić information content (AvgIpc) is 2.98. The van der Waals surface area contributed by atoms with Crippen molar-refractivity contribution in [3.05, 3.63) is 113 Å². The van der Waals surface area contributed by atoms with Gasteiger partial charge in [-0.3, -0.25) is 0 Å². The molecule has 0 saturated carbocycles. The molecule has 48 heavy (non-hydrogen) atoms. The van der Waals surface area contributed by atoms with E-state index < -0.39 is 0 Å². The molecule has 5 aromatic rings. The number of halogens is 4. The minimum absolute atomic E-state index is 0. The van der Waals surface area contributed by atoms with Crippen LogP contribution in [0.25, 0.3) is 22.3 Å². The summed E-state index contributed by atoms with van der Waals surface area (Å²) in [5, 5.41) is 10.9. The second kappa shape index (κ2) is 21.5. The minimum atomic E-state index is 0. The Morgan fingerprint density at radius 2 is 0.875 bits per heavy atom. The summed E-state index contributed by atoms with van der Waals surface area (Å²) in [4.78, 5) is 9.13. The van der Waals surface area contributed by atoms with E-state index in [2.05, 4.69) is 90.4 Å². The van der Waals surface area contributed by atoms with Crippen LogP contribution in [0.15, 0.2) is 85.2 Å². The van der Waals surface area contributed by atoms with Crippen LogP contribution < -0.4 is 77.1 Å². The number of hydrogen-bond acceptors (Lipinski definition) is 3. The molecule has 0 atom stereocenters. The third-order valence-electron chi connectivity index (χ3n) is 7.79. The molecule has 2 heterocycles. The van der Waals surface area contributed by atoms with E-state index in [1.54, 1.807) is 0 Å². The molecule has 0 fully saturated rings. The maximum Gasteiger partial charge on any atom is 0.327 e. The Morgan fingerprint density at radius 3 is 1.15 bits per heavy atom. The number of hydrogen-bond donors (Lipinski definition) is 1.